The second-order valence-corrected chi connectivity index (χ2v) is 6.85. The van der Waals surface area contributed by atoms with Crippen LogP contribution < -0.4 is 5.32 Å². The van der Waals surface area contributed by atoms with Crippen LogP contribution in [0.3, 0.4) is 0 Å². The minimum Gasteiger partial charge on any atom is -0.364 e. The van der Waals surface area contributed by atoms with E-state index >= 15 is 0 Å². The van der Waals surface area contributed by atoms with E-state index in [1.807, 2.05) is 12.3 Å². The molecule has 1 aliphatic heterocycles. The van der Waals surface area contributed by atoms with Crippen molar-refractivity contribution in [1.29, 1.82) is 0 Å². The van der Waals surface area contributed by atoms with Crippen molar-refractivity contribution in [3.05, 3.63) is 46.8 Å². The van der Waals surface area contributed by atoms with E-state index in [1.54, 1.807) is 18.2 Å². The number of aromatic amines is 1. The van der Waals surface area contributed by atoms with Gasteiger partial charge in [-0.2, -0.15) is 0 Å². The molecule has 6 heteroatoms. The van der Waals surface area contributed by atoms with Crippen LogP contribution in [0.4, 0.5) is 5.69 Å². The Labute approximate surface area is 136 Å². The number of aromatic nitrogens is 1. The van der Waals surface area contributed by atoms with Gasteiger partial charge < -0.3 is 14.9 Å². The second kappa shape index (κ2) is 5.47. The minimum absolute atomic E-state index is 0.174. The lowest BCUT2D eigenvalue weighted by Gasteiger charge is -2.11. The summed E-state index contributed by atoms with van der Waals surface area (Å²) in [4.78, 5) is 15.9. The Kier molecular flexibility index (Phi) is 3.43. The first-order chi connectivity index (χ1) is 11.1. The predicted molar refractivity (Wildman–Crippen MR) is 89.4 cm³/mol. The van der Waals surface area contributed by atoms with Crippen molar-refractivity contribution in [1.82, 2.24) is 4.98 Å². The number of benzene rings is 1. The van der Waals surface area contributed by atoms with Gasteiger partial charge in [0.2, 0.25) is 0 Å². The minimum atomic E-state index is -2.06. The van der Waals surface area contributed by atoms with E-state index in [0.717, 1.165) is 24.8 Å². The summed E-state index contributed by atoms with van der Waals surface area (Å²) in [7, 11) is 0. The molecule has 0 saturated heterocycles. The highest BCUT2D eigenvalue weighted by Crippen LogP contribution is 2.35. The van der Waals surface area contributed by atoms with Gasteiger partial charge in [0.05, 0.1) is 4.90 Å². The molecule has 1 aromatic carbocycles. The largest absolute Gasteiger partial charge is 0.364 e. The van der Waals surface area contributed by atoms with Gasteiger partial charge >= 0.3 is 0 Å². The number of hydrogen-bond donors (Lipinski definition) is 3. The number of carbonyl (C=O) groups excluding carboxylic acids is 1. The molecule has 1 aromatic heterocycles. The number of anilines is 1. The Bertz CT molecular complexity index is 867. The van der Waals surface area contributed by atoms with Crippen LogP contribution in [0.2, 0.25) is 0 Å². The van der Waals surface area contributed by atoms with Gasteiger partial charge in [-0.05, 0) is 61.1 Å². The van der Waals surface area contributed by atoms with Crippen molar-refractivity contribution in [2.75, 3.05) is 5.32 Å². The molecule has 0 bridgehead atoms. The fraction of sp³-hybridized carbons (Fsp3) is 0.235. The summed E-state index contributed by atoms with van der Waals surface area (Å²) < 4.78 is 20.5. The SMILES string of the molecule is O=C1Nc2ccc(S(=O)O)cc2C1=Cc1c[nH]c2c1CCCC2. The Morgan fingerprint density at radius 1 is 1.22 bits per heavy atom. The van der Waals surface area contributed by atoms with E-state index in [0.29, 0.717) is 21.7 Å². The molecular formula is C17H16N2O3S. The van der Waals surface area contributed by atoms with Crippen molar-refractivity contribution < 1.29 is 13.6 Å². The third-order valence-corrected chi connectivity index (χ3v) is 5.15. The maximum atomic E-state index is 12.3. The molecule has 0 saturated carbocycles. The van der Waals surface area contributed by atoms with Gasteiger partial charge in [-0.25, -0.2) is 4.21 Å². The average Bonchev–Trinajstić information content (AvgIpc) is 3.09. The molecule has 4 rings (SSSR count). The molecule has 1 amide bonds. The van der Waals surface area contributed by atoms with E-state index < -0.39 is 11.1 Å². The number of carbonyl (C=O) groups is 1. The summed E-state index contributed by atoms with van der Waals surface area (Å²) in [6.07, 6.45) is 8.26. The van der Waals surface area contributed by atoms with Crippen LogP contribution in [-0.2, 0) is 28.7 Å². The zero-order valence-electron chi connectivity index (χ0n) is 12.4. The topological polar surface area (TPSA) is 82.2 Å². The number of aryl methyl sites for hydroxylation is 1. The molecule has 3 N–H and O–H groups in total. The fourth-order valence-corrected chi connectivity index (χ4v) is 3.74. The number of rotatable bonds is 2. The molecule has 0 radical (unpaired) electrons. The van der Waals surface area contributed by atoms with Crippen molar-refractivity contribution in [2.24, 2.45) is 0 Å². The Balaban J connectivity index is 1.81. The van der Waals surface area contributed by atoms with Gasteiger partial charge in [0.25, 0.3) is 5.91 Å². The van der Waals surface area contributed by atoms with Crippen molar-refractivity contribution in [3.8, 4) is 0 Å². The quantitative estimate of drug-likeness (QED) is 0.585. The molecular weight excluding hydrogens is 312 g/mol. The van der Waals surface area contributed by atoms with E-state index in [-0.39, 0.29) is 5.91 Å². The summed E-state index contributed by atoms with van der Waals surface area (Å²) in [6.45, 7) is 0. The molecule has 2 aromatic rings. The first kappa shape index (κ1) is 14.4. The smallest absolute Gasteiger partial charge is 0.256 e. The zero-order chi connectivity index (χ0) is 16.0. The number of fused-ring (bicyclic) bond motifs is 2. The molecule has 1 aliphatic carbocycles. The van der Waals surface area contributed by atoms with Crippen LogP contribution >= 0.6 is 0 Å². The normalized spacial score (nSPS) is 19.3. The predicted octanol–water partition coefficient (Wildman–Crippen LogP) is 2.97. The van der Waals surface area contributed by atoms with E-state index in [1.165, 1.54) is 17.7 Å². The van der Waals surface area contributed by atoms with Gasteiger partial charge in [0.1, 0.15) is 0 Å². The van der Waals surface area contributed by atoms with Crippen molar-refractivity contribution in [2.45, 2.75) is 30.6 Å². The molecule has 1 unspecified atom stereocenters. The third-order valence-electron chi connectivity index (χ3n) is 4.49. The molecule has 23 heavy (non-hydrogen) atoms. The molecule has 118 valence electrons. The van der Waals surface area contributed by atoms with E-state index in [2.05, 4.69) is 10.3 Å². The monoisotopic (exact) mass is 328 g/mol. The van der Waals surface area contributed by atoms with Crippen LogP contribution in [0, 0.1) is 0 Å². The summed E-state index contributed by atoms with van der Waals surface area (Å²) >= 11 is -2.06. The highest BCUT2D eigenvalue weighted by molar-refractivity contribution is 7.79. The van der Waals surface area contributed by atoms with Gasteiger partial charge in [0, 0.05) is 28.7 Å². The van der Waals surface area contributed by atoms with Gasteiger partial charge in [-0.1, -0.05) is 0 Å². The maximum Gasteiger partial charge on any atom is 0.256 e. The number of hydrogen-bond acceptors (Lipinski definition) is 2. The summed E-state index contributed by atoms with van der Waals surface area (Å²) in [5, 5.41) is 2.81. The summed E-state index contributed by atoms with van der Waals surface area (Å²) in [5.74, 6) is -0.174. The second-order valence-electron chi connectivity index (χ2n) is 5.88. The molecule has 5 nitrogen and oxygen atoms in total. The average molecular weight is 328 g/mol. The lowest BCUT2D eigenvalue weighted by atomic mass is 9.94. The number of amides is 1. The fourth-order valence-electron chi connectivity index (χ4n) is 3.34. The Hall–Kier alpha value is -2.18. The van der Waals surface area contributed by atoms with Crippen LogP contribution in [0.25, 0.3) is 11.6 Å². The number of nitrogens with one attached hydrogen (secondary N) is 2. The van der Waals surface area contributed by atoms with Gasteiger partial charge in [0.15, 0.2) is 11.1 Å². The highest BCUT2D eigenvalue weighted by atomic mass is 32.2. The Morgan fingerprint density at radius 2 is 2.04 bits per heavy atom. The summed E-state index contributed by atoms with van der Waals surface area (Å²) in [6, 6.07) is 4.83. The van der Waals surface area contributed by atoms with Crippen LogP contribution in [0.15, 0.2) is 29.3 Å². The van der Waals surface area contributed by atoms with Crippen molar-refractivity contribution >= 4 is 34.3 Å². The first-order valence-corrected chi connectivity index (χ1v) is 8.71. The van der Waals surface area contributed by atoms with Gasteiger partial charge in [-0.15, -0.1) is 0 Å². The van der Waals surface area contributed by atoms with Gasteiger partial charge in [-0.3, -0.25) is 4.79 Å². The summed E-state index contributed by atoms with van der Waals surface area (Å²) in [5.41, 5.74) is 5.48. The highest BCUT2D eigenvalue weighted by Gasteiger charge is 2.26. The first-order valence-electron chi connectivity index (χ1n) is 7.61. The zero-order valence-corrected chi connectivity index (χ0v) is 13.2. The third kappa shape index (κ3) is 2.44. The molecule has 2 aliphatic rings. The standard InChI is InChI=1S/C17H16N2O3S/c20-17-14(7-10-9-18-15-4-2-1-3-12(10)15)13-8-11(23(21)22)5-6-16(13)19-17/h5-9,18H,1-4H2,(H,19,20)(H,21,22). The molecule has 0 spiro atoms. The maximum absolute atomic E-state index is 12.3. The number of H-pyrrole nitrogens is 1. The lowest BCUT2D eigenvalue weighted by Crippen LogP contribution is -2.04. The van der Waals surface area contributed by atoms with Crippen LogP contribution in [-0.4, -0.2) is 19.7 Å². The van der Waals surface area contributed by atoms with E-state index in [9.17, 15) is 13.6 Å². The van der Waals surface area contributed by atoms with Crippen molar-refractivity contribution in [3.63, 3.8) is 0 Å². The van der Waals surface area contributed by atoms with E-state index in [4.69, 9.17) is 0 Å². The van der Waals surface area contributed by atoms with Crippen LogP contribution in [0.5, 0.6) is 0 Å². The molecule has 2 heterocycles. The lowest BCUT2D eigenvalue weighted by molar-refractivity contribution is -0.110. The molecule has 0 fully saturated rings. The molecule has 1 atom stereocenters. The Morgan fingerprint density at radius 3 is 2.87 bits per heavy atom. The van der Waals surface area contributed by atoms with Crippen LogP contribution in [0.1, 0.15) is 35.2 Å².